The molecule has 0 aliphatic rings. The zero-order valence-corrected chi connectivity index (χ0v) is 8.63. The van der Waals surface area contributed by atoms with Gasteiger partial charge in [-0.05, 0) is 11.6 Å². The topological polar surface area (TPSA) is 61.1 Å². The van der Waals surface area contributed by atoms with E-state index in [0.29, 0.717) is 0 Å². The zero-order valence-electron chi connectivity index (χ0n) is 7.88. The van der Waals surface area contributed by atoms with E-state index < -0.39 is 18.0 Å². The first-order valence-electron chi connectivity index (χ1n) is 4.16. The number of hydrogen-bond donors (Lipinski definition) is 1. The van der Waals surface area contributed by atoms with Gasteiger partial charge in [-0.25, -0.2) is 13.6 Å². The summed E-state index contributed by atoms with van der Waals surface area (Å²) in [5, 5.41) is 17.5. The fraction of sp³-hybridized carbons (Fsp3) is 0.200. The van der Waals surface area contributed by atoms with E-state index in [1.54, 1.807) is 6.07 Å². The maximum Gasteiger partial charge on any atom is 0.337 e. The van der Waals surface area contributed by atoms with Crippen LogP contribution in [0.15, 0.2) is 12.1 Å². The van der Waals surface area contributed by atoms with Crippen molar-refractivity contribution in [2.24, 2.45) is 0 Å². The van der Waals surface area contributed by atoms with Crippen molar-refractivity contribution >= 4 is 17.6 Å². The molecule has 0 spiro atoms. The van der Waals surface area contributed by atoms with Crippen molar-refractivity contribution in [2.75, 3.05) is 0 Å². The number of benzene rings is 1. The molecule has 16 heavy (non-hydrogen) atoms. The molecule has 1 N–H and O–H groups in total. The van der Waals surface area contributed by atoms with Gasteiger partial charge in [0.1, 0.15) is 6.07 Å². The lowest BCUT2D eigenvalue weighted by molar-refractivity contribution is 0.0696. The Morgan fingerprint density at radius 3 is 2.56 bits per heavy atom. The number of carbonyl (C=O) groups is 1. The first kappa shape index (κ1) is 12.4. The van der Waals surface area contributed by atoms with Gasteiger partial charge in [-0.2, -0.15) is 5.26 Å². The minimum absolute atomic E-state index is 0.126. The average molecular weight is 246 g/mol. The van der Waals surface area contributed by atoms with Crippen LogP contribution in [0.5, 0.6) is 0 Å². The van der Waals surface area contributed by atoms with Crippen molar-refractivity contribution in [1.82, 2.24) is 0 Å². The quantitative estimate of drug-likeness (QED) is 0.833. The number of alkyl halides is 3. The van der Waals surface area contributed by atoms with Gasteiger partial charge in [-0.15, -0.1) is 11.6 Å². The van der Waals surface area contributed by atoms with E-state index in [1.807, 2.05) is 0 Å². The number of hydrogen-bond acceptors (Lipinski definition) is 2. The predicted molar refractivity (Wildman–Crippen MR) is 52.6 cm³/mol. The van der Waals surface area contributed by atoms with Crippen molar-refractivity contribution in [2.45, 2.75) is 12.3 Å². The Morgan fingerprint density at radius 2 is 2.19 bits per heavy atom. The maximum absolute atomic E-state index is 12.5. The minimum Gasteiger partial charge on any atom is -0.478 e. The molecule has 0 aromatic heterocycles. The van der Waals surface area contributed by atoms with Crippen LogP contribution in [-0.4, -0.2) is 11.1 Å². The molecule has 84 valence electrons. The van der Waals surface area contributed by atoms with Crippen molar-refractivity contribution in [1.29, 1.82) is 5.26 Å². The molecule has 6 heteroatoms. The van der Waals surface area contributed by atoms with Crippen LogP contribution in [-0.2, 0) is 5.88 Å². The van der Waals surface area contributed by atoms with Gasteiger partial charge in [0.05, 0.1) is 11.1 Å². The van der Waals surface area contributed by atoms with E-state index in [4.69, 9.17) is 22.0 Å². The molecule has 1 rings (SSSR count). The lowest BCUT2D eigenvalue weighted by Crippen LogP contribution is -2.06. The van der Waals surface area contributed by atoms with Crippen LogP contribution in [0.25, 0.3) is 0 Å². The van der Waals surface area contributed by atoms with Gasteiger partial charge in [-0.1, -0.05) is 6.07 Å². The number of nitrogens with zero attached hydrogens (tertiary/aromatic N) is 1. The van der Waals surface area contributed by atoms with Crippen LogP contribution in [0.1, 0.15) is 33.5 Å². The number of halogens is 3. The van der Waals surface area contributed by atoms with E-state index in [9.17, 15) is 13.6 Å². The Bertz CT molecular complexity index is 469. The molecular formula is C10H6ClF2NO2. The highest BCUT2D eigenvalue weighted by atomic mass is 35.5. The molecule has 0 aliphatic carbocycles. The molecule has 0 aliphatic heterocycles. The summed E-state index contributed by atoms with van der Waals surface area (Å²) in [6.07, 6.45) is -2.79. The summed E-state index contributed by atoms with van der Waals surface area (Å²) in [5.74, 6) is -1.67. The average Bonchev–Trinajstić information content (AvgIpc) is 2.26. The van der Waals surface area contributed by atoms with Gasteiger partial charge in [-0.3, -0.25) is 0 Å². The standard InChI is InChI=1S/C10H6ClF2NO2/c11-3-7-5(9(12)13)1-2-6(10(15)16)8(7)4-14/h1-2,9H,3H2,(H,15,16). The minimum atomic E-state index is -2.79. The first-order chi connectivity index (χ1) is 7.52. The molecule has 1 aromatic rings. The fourth-order valence-electron chi connectivity index (χ4n) is 1.32. The molecule has 0 radical (unpaired) electrons. The smallest absolute Gasteiger partial charge is 0.337 e. The largest absolute Gasteiger partial charge is 0.478 e. The Kier molecular flexibility index (Phi) is 3.80. The van der Waals surface area contributed by atoms with Crippen LogP contribution in [0.3, 0.4) is 0 Å². The number of nitriles is 1. The molecule has 0 saturated heterocycles. The third-order valence-corrected chi connectivity index (χ3v) is 2.33. The van der Waals surface area contributed by atoms with Gasteiger partial charge in [0.15, 0.2) is 0 Å². The summed E-state index contributed by atoms with van der Waals surface area (Å²) < 4.78 is 25.1. The highest BCUT2D eigenvalue weighted by Crippen LogP contribution is 2.28. The number of rotatable bonds is 3. The van der Waals surface area contributed by atoms with Crippen LogP contribution in [0.4, 0.5) is 8.78 Å². The second kappa shape index (κ2) is 4.90. The molecule has 3 nitrogen and oxygen atoms in total. The second-order valence-corrected chi connectivity index (χ2v) is 3.17. The van der Waals surface area contributed by atoms with Crippen LogP contribution in [0.2, 0.25) is 0 Å². The van der Waals surface area contributed by atoms with Crippen molar-refractivity contribution in [3.05, 3.63) is 34.4 Å². The van der Waals surface area contributed by atoms with E-state index >= 15 is 0 Å². The van der Waals surface area contributed by atoms with E-state index in [1.165, 1.54) is 0 Å². The Hall–Kier alpha value is -1.67. The molecule has 0 saturated carbocycles. The molecular weight excluding hydrogens is 240 g/mol. The molecule has 0 heterocycles. The predicted octanol–water partition coefficient (Wildman–Crippen LogP) is 2.93. The van der Waals surface area contributed by atoms with Crippen LogP contribution >= 0.6 is 11.6 Å². The summed E-state index contributed by atoms with van der Waals surface area (Å²) in [6, 6.07) is 3.56. The van der Waals surface area contributed by atoms with Gasteiger partial charge < -0.3 is 5.11 Å². The molecule has 0 atom stereocenters. The summed E-state index contributed by atoms with van der Waals surface area (Å²) in [5.41, 5.74) is -1.15. The molecule has 0 unspecified atom stereocenters. The Labute approximate surface area is 94.9 Å². The van der Waals surface area contributed by atoms with Gasteiger partial charge in [0, 0.05) is 11.4 Å². The van der Waals surface area contributed by atoms with Gasteiger partial charge in [0.2, 0.25) is 0 Å². The normalized spacial score (nSPS) is 10.2. The molecule has 1 aromatic carbocycles. The molecule has 0 bridgehead atoms. The summed E-state index contributed by atoms with van der Waals surface area (Å²) in [4.78, 5) is 10.7. The monoisotopic (exact) mass is 245 g/mol. The summed E-state index contributed by atoms with van der Waals surface area (Å²) >= 11 is 5.46. The van der Waals surface area contributed by atoms with Crippen LogP contribution < -0.4 is 0 Å². The van der Waals surface area contributed by atoms with Gasteiger partial charge in [0.25, 0.3) is 6.43 Å². The Morgan fingerprint density at radius 1 is 1.56 bits per heavy atom. The molecule has 0 amide bonds. The van der Waals surface area contributed by atoms with E-state index in [0.717, 1.165) is 12.1 Å². The van der Waals surface area contributed by atoms with E-state index in [-0.39, 0.29) is 22.6 Å². The lowest BCUT2D eigenvalue weighted by atomic mass is 9.98. The van der Waals surface area contributed by atoms with Gasteiger partial charge >= 0.3 is 5.97 Å². The fourth-order valence-corrected chi connectivity index (χ4v) is 1.61. The maximum atomic E-state index is 12.5. The van der Waals surface area contributed by atoms with Crippen molar-refractivity contribution in [3.63, 3.8) is 0 Å². The van der Waals surface area contributed by atoms with Crippen molar-refractivity contribution in [3.8, 4) is 6.07 Å². The highest BCUT2D eigenvalue weighted by molar-refractivity contribution is 6.17. The SMILES string of the molecule is N#Cc1c(C(=O)O)ccc(C(F)F)c1CCl. The number of carboxylic acids is 1. The molecule has 0 fully saturated rings. The first-order valence-corrected chi connectivity index (χ1v) is 4.69. The third kappa shape index (κ3) is 2.12. The van der Waals surface area contributed by atoms with Crippen LogP contribution in [0, 0.1) is 11.3 Å². The van der Waals surface area contributed by atoms with E-state index in [2.05, 4.69) is 0 Å². The number of carboxylic acid groups (broad SMARTS) is 1. The third-order valence-electron chi connectivity index (χ3n) is 2.06. The summed E-state index contributed by atoms with van der Waals surface area (Å²) in [7, 11) is 0. The zero-order chi connectivity index (χ0) is 12.3. The number of aromatic carboxylic acids is 1. The van der Waals surface area contributed by atoms with Crippen molar-refractivity contribution < 1.29 is 18.7 Å². The highest BCUT2D eigenvalue weighted by Gasteiger charge is 2.21. The lowest BCUT2D eigenvalue weighted by Gasteiger charge is -2.09. The summed E-state index contributed by atoms with van der Waals surface area (Å²) in [6.45, 7) is 0. The second-order valence-electron chi connectivity index (χ2n) is 2.91. The Balaban J connectivity index is 3.54.